The molecule has 3 aromatic carbocycles. The smallest absolute Gasteiger partial charge is 0.251 e. The first-order chi connectivity index (χ1) is 14.2. The molecular weight excluding hydrogens is 358 g/mol. The highest BCUT2D eigenvalue weighted by molar-refractivity contribution is 5.94. The lowest BCUT2D eigenvalue weighted by Gasteiger charge is -2.08. The molecule has 4 nitrogen and oxygen atoms in total. The average Bonchev–Trinajstić information content (AvgIpc) is 3.11. The van der Waals surface area contributed by atoms with Crippen LogP contribution in [0.5, 0.6) is 0 Å². The summed E-state index contributed by atoms with van der Waals surface area (Å²) in [4.78, 5) is 17.2. The van der Waals surface area contributed by atoms with Crippen LogP contribution in [0, 0.1) is 6.92 Å². The van der Waals surface area contributed by atoms with Crippen LogP contribution >= 0.6 is 0 Å². The third kappa shape index (κ3) is 4.43. The first-order valence-corrected chi connectivity index (χ1v) is 9.71. The minimum absolute atomic E-state index is 0.0940. The quantitative estimate of drug-likeness (QED) is 0.512. The lowest BCUT2D eigenvalue weighted by Crippen LogP contribution is -2.24. The number of hydrogen-bond acceptors (Lipinski definition) is 2. The Hall–Kier alpha value is -3.66. The van der Waals surface area contributed by atoms with Gasteiger partial charge in [-0.25, -0.2) is 4.98 Å². The lowest BCUT2D eigenvalue weighted by atomic mass is 10.1. The number of allylic oxidation sites excluding steroid dienone is 1. The normalized spacial score (nSPS) is 11.2. The minimum Gasteiger partial charge on any atom is -0.345 e. The summed E-state index contributed by atoms with van der Waals surface area (Å²) >= 11 is 0. The molecule has 0 unspecified atom stereocenters. The molecule has 4 heteroatoms. The van der Waals surface area contributed by atoms with Crippen LogP contribution in [0.1, 0.15) is 27.3 Å². The number of nitrogens with zero attached hydrogens (tertiary/aromatic N) is 2. The van der Waals surface area contributed by atoms with E-state index in [1.165, 1.54) is 0 Å². The van der Waals surface area contributed by atoms with E-state index >= 15 is 0 Å². The molecule has 1 heterocycles. The number of carbonyl (C=O) groups excluding carboxylic acids is 1. The largest absolute Gasteiger partial charge is 0.345 e. The number of rotatable bonds is 6. The van der Waals surface area contributed by atoms with Gasteiger partial charge in [-0.1, -0.05) is 72.3 Å². The van der Waals surface area contributed by atoms with Crippen molar-refractivity contribution < 1.29 is 4.79 Å². The number of carbonyl (C=O) groups is 1. The first-order valence-electron chi connectivity index (χ1n) is 9.71. The maximum Gasteiger partial charge on any atom is 0.251 e. The Morgan fingerprint density at radius 3 is 2.48 bits per heavy atom. The van der Waals surface area contributed by atoms with Gasteiger partial charge < -0.3 is 9.88 Å². The molecule has 0 atom stereocenters. The maximum atomic E-state index is 12.5. The van der Waals surface area contributed by atoms with Gasteiger partial charge in [0.25, 0.3) is 5.91 Å². The highest BCUT2D eigenvalue weighted by atomic mass is 16.1. The Kier molecular flexibility index (Phi) is 5.52. The van der Waals surface area contributed by atoms with Crippen LogP contribution in [-0.4, -0.2) is 15.5 Å². The second kappa shape index (κ2) is 8.57. The molecule has 0 radical (unpaired) electrons. The fourth-order valence-corrected chi connectivity index (χ4v) is 3.29. The predicted molar refractivity (Wildman–Crippen MR) is 118 cm³/mol. The van der Waals surface area contributed by atoms with Crippen LogP contribution in [0.15, 0.2) is 84.9 Å². The first kappa shape index (κ1) is 18.7. The molecule has 0 aliphatic heterocycles. The molecule has 4 rings (SSSR count). The van der Waals surface area contributed by atoms with Gasteiger partial charge in [0.15, 0.2) is 0 Å². The summed E-state index contributed by atoms with van der Waals surface area (Å²) in [6.07, 6.45) is 4.22. The van der Waals surface area contributed by atoms with Crippen LogP contribution in [-0.2, 0) is 13.1 Å². The van der Waals surface area contributed by atoms with Crippen molar-refractivity contribution in [2.75, 3.05) is 0 Å². The topological polar surface area (TPSA) is 46.9 Å². The van der Waals surface area contributed by atoms with Crippen molar-refractivity contribution in [3.63, 3.8) is 0 Å². The number of hydrogen-bond donors (Lipinski definition) is 1. The van der Waals surface area contributed by atoms with Crippen LogP contribution in [0.25, 0.3) is 17.1 Å². The van der Waals surface area contributed by atoms with E-state index in [0.29, 0.717) is 18.7 Å². The zero-order valence-electron chi connectivity index (χ0n) is 16.4. The number of benzene rings is 3. The molecular formula is C25H23N3O. The van der Waals surface area contributed by atoms with Crippen molar-refractivity contribution in [1.82, 2.24) is 14.9 Å². The van der Waals surface area contributed by atoms with Crippen molar-refractivity contribution in [1.29, 1.82) is 0 Å². The molecule has 1 amide bonds. The molecule has 4 aromatic rings. The molecule has 0 fully saturated rings. The van der Waals surface area contributed by atoms with E-state index in [2.05, 4.69) is 40.2 Å². The lowest BCUT2D eigenvalue weighted by molar-refractivity contribution is 0.0949. The zero-order chi connectivity index (χ0) is 20.1. The van der Waals surface area contributed by atoms with Gasteiger partial charge in [-0.15, -0.1) is 0 Å². The van der Waals surface area contributed by atoms with E-state index in [4.69, 9.17) is 4.98 Å². The molecule has 1 aromatic heterocycles. The van der Waals surface area contributed by atoms with Gasteiger partial charge in [-0.05, 0) is 36.8 Å². The van der Waals surface area contributed by atoms with Crippen molar-refractivity contribution in [2.24, 2.45) is 0 Å². The minimum atomic E-state index is -0.0940. The Balaban J connectivity index is 1.53. The van der Waals surface area contributed by atoms with Gasteiger partial charge in [0, 0.05) is 12.1 Å². The average molecular weight is 381 g/mol. The van der Waals surface area contributed by atoms with E-state index in [9.17, 15) is 4.79 Å². The number of aromatic nitrogens is 2. The van der Waals surface area contributed by atoms with Crippen LogP contribution in [0.2, 0.25) is 0 Å². The highest BCUT2D eigenvalue weighted by Crippen LogP contribution is 2.17. The third-order valence-electron chi connectivity index (χ3n) is 4.85. The number of nitrogens with one attached hydrogen (secondary N) is 1. The summed E-state index contributed by atoms with van der Waals surface area (Å²) in [7, 11) is 0. The summed E-state index contributed by atoms with van der Waals surface area (Å²) < 4.78 is 2.14. The van der Waals surface area contributed by atoms with Crippen molar-refractivity contribution in [3.05, 3.63) is 107 Å². The van der Waals surface area contributed by atoms with E-state index in [0.717, 1.165) is 28.0 Å². The molecule has 0 aliphatic rings. The SMILES string of the molecule is Cc1ccc(C(=O)NCc2nc3ccccc3n2C/C=C/c2ccccc2)cc1. The predicted octanol–water partition coefficient (Wildman–Crippen LogP) is 4.99. The summed E-state index contributed by atoms with van der Waals surface area (Å²) in [5, 5.41) is 3.00. The summed E-state index contributed by atoms with van der Waals surface area (Å²) in [6.45, 7) is 3.07. The fourth-order valence-electron chi connectivity index (χ4n) is 3.29. The van der Waals surface area contributed by atoms with E-state index < -0.39 is 0 Å². The second-order valence-corrected chi connectivity index (χ2v) is 6.99. The maximum absolute atomic E-state index is 12.5. The van der Waals surface area contributed by atoms with Crippen molar-refractivity contribution in [2.45, 2.75) is 20.0 Å². The Bertz CT molecular complexity index is 1140. The van der Waals surface area contributed by atoms with Gasteiger partial charge in [0.2, 0.25) is 0 Å². The van der Waals surface area contributed by atoms with Gasteiger partial charge in [0.05, 0.1) is 17.6 Å². The third-order valence-corrected chi connectivity index (χ3v) is 4.85. The van der Waals surface area contributed by atoms with E-state index in [1.807, 2.05) is 67.6 Å². The number of imidazole rings is 1. The Morgan fingerprint density at radius 2 is 1.69 bits per heavy atom. The number of para-hydroxylation sites is 2. The number of aryl methyl sites for hydroxylation is 1. The van der Waals surface area contributed by atoms with Crippen LogP contribution in [0.4, 0.5) is 0 Å². The molecule has 0 spiro atoms. The van der Waals surface area contributed by atoms with Gasteiger partial charge >= 0.3 is 0 Å². The second-order valence-electron chi connectivity index (χ2n) is 6.99. The zero-order valence-corrected chi connectivity index (χ0v) is 16.4. The van der Waals surface area contributed by atoms with Gasteiger partial charge in [0.1, 0.15) is 5.82 Å². The monoisotopic (exact) mass is 381 g/mol. The van der Waals surface area contributed by atoms with Crippen LogP contribution in [0.3, 0.4) is 0 Å². The molecule has 0 saturated heterocycles. The summed E-state index contributed by atoms with van der Waals surface area (Å²) in [6, 6.07) is 25.8. The number of fused-ring (bicyclic) bond motifs is 1. The molecule has 144 valence electrons. The molecule has 0 bridgehead atoms. The molecule has 29 heavy (non-hydrogen) atoms. The van der Waals surface area contributed by atoms with E-state index in [-0.39, 0.29) is 5.91 Å². The Morgan fingerprint density at radius 1 is 0.966 bits per heavy atom. The molecule has 0 aliphatic carbocycles. The molecule has 0 saturated carbocycles. The molecule has 1 N–H and O–H groups in total. The van der Waals surface area contributed by atoms with E-state index in [1.54, 1.807) is 0 Å². The van der Waals surface area contributed by atoms with Gasteiger partial charge in [-0.3, -0.25) is 4.79 Å². The summed E-state index contributed by atoms with van der Waals surface area (Å²) in [5.74, 6) is 0.743. The van der Waals surface area contributed by atoms with Gasteiger partial charge in [-0.2, -0.15) is 0 Å². The summed E-state index contributed by atoms with van der Waals surface area (Å²) in [5.41, 5.74) is 4.94. The number of amides is 1. The van der Waals surface area contributed by atoms with Crippen LogP contribution < -0.4 is 5.32 Å². The Labute approximate surface area is 170 Å². The van der Waals surface area contributed by atoms with Crippen molar-refractivity contribution in [3.8, 4) is 0 Å². The fraction of sp³-hybridized carbons (Fsp3) is 0.120. The standard InChI is InChI=1S/C25H23N3O/c1-19-13-15-21(16-14-19)25(29)26-18-24-27-22-11-5-6-12-23(22)28(24)17-7-10-20-8-3-2-4-9-20/h2-16H,17-18H2,1H3,(H,26,29)/b10-7+. The van der Waals surface area contributed by atoms with Crippen molar-refractivity contribution >= 4 is 23.0 Å². The highest BCUT2D eigenvalue weighted by Gasteiger charge is 2.11.